The average Bonchev–Trinajstić information content (AvgIpc) is 2.39. The SMILES string of the molecule is N#CCCCS(=O)(=O)C(CCc1ccccc1)C(=O)O. The maximum absolute atomic E-state index is 12.0. The van der Waals surface area contributed by atoms with Crippen molar-refractivity contribution in [2.24, 2.45) is 0 Å². The van der Waals surface area contributed by atoms with E-state index >= 15 is 0 Å². The van der Waals surface area contributed by atoms with Gasteiger partial charge < -0.3 is 5.11 Å². The fourth-order valence-corrected chi connectivity index (χ4v) is 3.51. The van der Waals surface area contributed by atoms with Crippen LogP contribution in [0.3, 0.4) is 0 Å². The summed E-state index contributed by atoms with van der Waals surface area (Å²) in [7, 11) is -3.71. The number of rotatable bonds is 8. The molecule has 1 atom stereocenters. The number of hydrogen-bond donors (Lipinski definition) is 1. The van der Waals surface area contributed by atoms with Gasteiger partial charge in [0.15, 0.2) is 15.1 Å². The lowest BCUT2D eigenvalue weighted by molar-refractivity contribution is -0.136. The van der Waals surface area contributed by atoms with Crippen molar-refractivity contribution in [2.75, 3.05) is 5.75 Å². The molecule has 0 radical (unpaired) electrons. The lowest BCUT2D eigenvalue weighted by Gasteiger charge is -2.13. The first-order valence-electron chi connectivity index (χ1n) is 6.32. The lowest BCUT2D eigenvalue weighted by atomic mass is 10.1. The third kappa shape index (κ3) is 5.02. The molecule has 0 heterocycles. The summed E-state index contributed by atoms with van der Waals surface area (Å²) >= 11 is 0. The fourth-order valence-electron chi connectivity index (χ4n) is 1.89. The number of hydrogen-bond acceptors (Lipinski definition) is 4. The molecule has 1 rings (SSSR count). The number of benzene rings is 1. The van der Waals surface area contributed by atoms with Gasteiger partial charge in [-0.15, -0.1) is 0 Å². The summed E-state index contributed by atoms with van der Waals surface area (Å²) in [5.74, 6) is -1.58. The van der Waals surface area contributed by atoms with Crippen molar-refractivity contribution in [3.8, 4) is 6.07 Å². The van der Waals surface area contributed by atoms with Crippen LogP contribution in [0, 0.1) is 11.3 Å². The Bertz CT molecular complexity index is 575. The first kappa shape index (κ1) is 16.2. The van der Waals surface area contributed by atoms with Crippen molar-refractivity contribution in [3.05, 3.63) is 35.9 Å². The Morgan fingerprint density at radius 2 is 1.95 bits per heavy atom. The highest BCUT2D eigenvalue weighted by Gasteiger charge is 2.31. The maximum atomic E-state index is 12.0. The van der Waals surface area contributed by atoms with E-state index in [1.807, 2.05) is 36.4 Å². The van der Waals surface area contributed by atoms with Crippen molar-refractivity contribution in [2.45, 2.75) is 30.9 Å². The molecule has 6 heteroatoms. The third-order valence-electron chi connectivity index (χ3n) is 2.96. The number of nitriles is 1. The molecule has 0 saturated heterocycles. The van der Waals surface area contributed by atoms with Crippen LogP contribution in [0.2, 0.25) is 0 Å². The summed E-state index contributed by atoms with van der Waals surface area (Å²) in [5, 5.41) is 16.1. The zero-order valence-corrected chi connectivity index (χ0v) is 11.8. The van der Waals surface area contributed by atoms with Gasteiger partial charge in [-0.25, -0.2) is 8.42 Å². The summed E-state index contributed by atoms with van der Waals surface area (Å²) in [4.78, 5) is 11.2. The molecular formula is C14H17NO4S. The largest absolute Gasteiger partial charge is 0.480 e. The van der Waals surface area contributed by atoms with Crippen LogP contribution in [0.4, 0.5) is 0 Å². The normalized spacial score (nSPS) is 12.6. The Morgan fingerprint density at radius 1 is 1.30 bits per heavy atom. The molecule has 0 aliphatic carbocycles. The number of carboxylic acids is 1. The number of unbranched alkanes of at least 4 members (excludes halogenated alkanes) is 1. The summed E-state index contributed by atoms with van der Waals surface area (Å²) < 4.78 is 24.0. The van der Waals surface area contributed by atoms with Gasteiger partial charge in [0.1, 0.15) is 0 Å². The van der Waals surface area contributed by atoms with Gasteiger partial charge in [0.05, 0.1) is 11.8 Å². The highest BCUT2D eigenvalue weighted by Crippen LogP contribution is 2.14. The van der Waals surface area contributed by atoms with Crippen LogP contribution in [-0.4, -0.2) is 30.5 Å². The van der Waals surface area contributed by atoms with Crippen molar-refractivity contribution in [3.63, 3.8) is 0 Å². The Balaban J connectivity index is 2.69. The molecule has 108 valence electrons. The third-order valence-corrected chi connectivity index (χ3v) is 5.13. The summed E-state index contributed by atoms with van der Waals surface area (Å²) in [6.45, 7) is 0. The second kappa shape index (κ2) is 7.65. The maximum Gasteiger partial charge on any atom is 0.321 e. The van der Waals surface area contributed by atoms with E-state index in [-0.39, 0.29) is 25.0 Å². The van der Waals surface area contributed by atoms with E-state index in [0.29, 0.717) is 6.42 Å². The molecular weight excluding hydrogens is 278 g/mol. The zero-order chi connectivity index (χ0) is 15.0. The van der Waals surface area contributed by atoms with Gasteiger partial charge in [0.2, 0.25) is 0 Å². The summed E-state index contributed by atoms with van der Waals surface area (Å²) in [6.07, 6.45) is 0.738. The van der Waals surface area contributed by atoms with Gasteiger partial charge in [0.25, 0.3) is 0 Å². The molecule has 0 saturated carbocycles. The molecule has 1 unspecified atom stereocenters. The van der Waals surface area contributed by atoms with Gasteiger partial charge in [-0.05, 0) is 24.8 Å². The second-order valence-electron chi connectivity index (χ2n) is 4.48. The number of aliphatic carboxylic acids is 1. The Morgan fingerprint density at radius 3 is 2.50 bits per heavy atom. The lowest BCUT2D eigenvalue weighted by Crippen LogP contribution is -2.32. The van der Waals surface area contributed by atoms with Crippen molar-refractivity contribution < 1.29 is 18.3 Å². The highest BCUT2D eigenvalue weighted by molar-refractivity contribution is 7.92. The molecule has 0 aliphatic heterocycles. The second-order valence-corrected chi connectivity index (χ2v) is 6.78. The van der Waals surface area contributed by atoms with Gasteiger partial charge in [-0.2, -0.15) is 5.26 Å². The molecule has 20 heavy (non-hydrogen) atoms. The van der Waals surface area contributed by atoms with E-state index < -0.39 is 21.1 Å². The van der Waals surface area contributed by atoms with Crippen LogP contribution in [0.1, 0.15) is 24.8 Å². The molecule has 0 amide bonds. The number of sulfone groups is 1. The zero-order valence-electron chi connectivity index (χ0n) is 11.0. The van der Waals surface area contributed by atoms with E-state index in [4.69, 9.17) is 10.4 Å². The monoisotopic (exact) mass is 295 g/mol. The van der Waals surface area contributed by atoms with Gasteiger partial charge in [0, 0.05) is 6.42 Å². The van der Waals surface area contributed by atoms with E-state index in [2.05, 4.69) is 0 Å². The molecule has 5 nitrogen and oxygen atoms in total. The average molecular weight is 295 g/mol. The first-order valence-corrected chi connectivity index (χ1v) is 8.04. The molecule has 1 aromatic carbocycles. The minimum atomic E-state index is -3.71. The summed E-state index contributed by atoms with van der Waals surface area (Å²) in [5.41, 5.74) is 0.908. The molecule has 0 aromatic heterocycles. The first-order chi connectivity index (χ1) is 9.47. The Hall–Kier alpha value is -1.87. The molecule has 0 fully saturated rings. The van der Waals surface area contributed by atoms with Crippen molar-refractivity contribution in [1.82, 2.24) is 0 Å². The van der Waals surface area contributed by atoms with Crippen LogP contribution < -0.4 is 0 Å². The Labute approximate surface area is 118 Å². The van der Waals surface area contributed by atoms with Gasteiger partial charge >= 0.3 is 5.97 Å². The van der Waals surface area contributed by atoms with Crippen molar-refractivity contribution in [1.29, 1.82) is 5.26 Å². The van der Waals surface area contributed by atoms with E-state index in [0.717, 1.165) is 5.56 Å². The predicted molar refractivity (Wildman–Crippen MR) is 74.8 cm³/mol. The molecule has 1 N–H and O–H groups in total. The van der Waals surface area contributed by atoms with E-state index in [9.17, 15) is 13.2 Å². The Kier molecular flexibility index (Phi) is 6.19. The number of nitrogens with zero attached hydrogens (tertiary/aromatic N) is 1. The molecule has 0 aliphatic rings. The summed E-state index contributed by atoms with van der Waals surface area (Å²) in [6, 6.07) is 11.0. The molecule has 0 bridgehead atoms. The number of carbonyl (C=O) groups is 1. The highest BCUT2D eigenvalue weighted by atomic mass is 32.2. The predicted octanol–water partition coefficient (Wildman–Crippen LogP) is 1.79. The van der Waals surface area contributed by atoms with Crippen LogP contribution in [0.25, 0.3) is 0 Å². The number of aryl methyl sites for hydroxylation is 1. The van der Waals surface area contributed by atoms with Crippen LogP contribution >= 0.6 is 0 Å². The van der Waals surface area contributed by atoms with E-state index in [1.54, 1.807) is 0 Å². The van der Waals surface area contributed by atoms with Crippen LogP contribution in [0.15, 0.2) is 30.3 Å². The quantitative estimate of drug-likeness (QED) is 0.738. The molecule has 0 spiro atoms. The van der Waals surface area contributed by atoms with Gasteiger partial charge in [-0.3, -0.25) is 4.79 Å². The van der Waals surface area contributed by atoms with Crippen molar-refractivity contribution >= 4 is 15.8 Å². The van der Waals surface area contributed by atoms with Crippen LogP contribution in [0.5, 0.6) is 0 Å². The van der Waals surface area contributed by atoms with Gasteiger partial charge in [-0.1, -0.05) is 30.3 Å². The number of carboxylic acid groups (broad SMARTS) is 1. The standard InChI is InChI=1S/C14H17NO4S/c15-10-4-5-11-20(18,19)13(14(16)17)9-8-12-6-2-1-3-7-12/h1-3,6-7,13H,4-5,8-9,11H2,(H,16,17). The fraction of sp³-hybridized carbons (Fsp3) is 0.429. The van der Waals surface area contributed by atoms with Crippen LogP contribution in [-0.2, 0) is 21.1 Å². The minimum absolute atomic E-state index is 0.0498. The topological polar surface area (TPSA) is 95.2 Å². The van der Waals surface area contributed by atoms with E-state index in [1.165, 1.54) is 0 Å². The smallest absolute Gasteiger partial charge is 0.321 e. The minimum Gasteiger partial charge on any atom is -0.480 e. The molecule has 1 aromatic rings.